The molecule has 0 aliphatic rings. The van der Waals surface area contributed by atoms with E-state index in [1.807, 2.05) is 49.6 Å². The van der Waals surface area contributed by atoms with Crippen LogP contribution in [0.4, 0.5) is 0 Å². The summed E-state index contributed by atoms with van der Waals surface area (Å²) >= 11 is 1.63. The number of thiophene rings is 1. The zero-order valence-corrected chi connectivity index (χ0v) is 14.2. The molecule has 2 aromatic heterocycles. The molecule has 0 aliphatic heterocycles. The van der Waals surface area contributed by atoms with Crippen molar-refractivity contribution in [3.8, 4) is 11.4 Å². The van der Waals surface area contributed by atoms with Crippen LogP contribution in [0.1, 0.15) is 35.0 Å². The van der Waals surface area contributed by atoms with Crippen molar-refractivity contribution in [1.29, 1.82) is 0 Å². The normalized spacial score (nSPS) is 11.3. The smallest absolute Gasteiger partial charge is 0.251 e. The number of carbonyl (C=O) groups is 1. The molecule has 6 heteroatoms. The summed E-state index contributed by atoms with van der Waals surface area (Å²) in [6, 6.07) is 11.3. The van der Waals surface area contributed by atoms with Crippen molar-refractivity contribution in [2.45, 2.75) is 19.9 Å². The number of nitrogens with zero attached hydrogens (tertiary/aromatic N) is 2. The van der Waals surface area contributed by atoms with Crippen LogP contribution in [0, 0.1) is 0 Å². The second-order valence-electron chi connectivity index (χ2n) is 5.51. The lowest BCUT2D eigenvalue weighted by molar-refractivity contribution is 0.0943. The van der Waals surface area contributed by atoms with Crippen molar-refractivity contribution in [3.63, 3.8) is 0 Å². The number of amides is 1. The summed E-state index contributed by atoms with van der Waals surface area (Å²) in [7, 11) is 0. The van der Waals surface area contributed by atoms with E-state index in [0.29, 0.717) is 17.3 Å². The largest absolute Gasteiger partial charge is 0.350 e. The Morgan fingerprint density at radius 1 is 1.25 bits per heavy atom. The van der Waals surface area contributed by atoms with Crippen LogP contribution in [0.2, 0.25) is 0 Å². The maximum absolute atomic E-state index is 12.1. The van der Waals surface area contributed by atoms with E-state index in [1.165, 1.54) is 0 Å². The molecule has 0 radical (unpaired) electrons. The van der Waals surface area contributed by atoms with Gasteiger partial charge in [-0.2, -0.15) is 4.98 Å². The van der Waals surface area contributed by atoms with E-state index in [1.54, 1.807) is 29.5 Å². The Balaban J connectivity index is 1.79. The fourth-order valence-electron chi connectivity index (χ4n) is 2.10. The number of carbonyl (C=O) groups excluding carboxylic acids is 1. The molecule has 3 aromatic rings. The van der Waals surface area contributed by atoms with Crippen molar-refractivity contribution in [2.75, 3.05) is 0 Å². The molecular formula is C18H17N3O2S. The van der Waals surface area contributed by atoms with Gasteiger partial charge in [-0.3, -0.25) is 4.79 Å². The number of hydrogen-bond acceptors (Lipinski definition) is 5. The summed E-state index contributed by atoms with van der Waals surface area (Å²) in [5, 5.41) is 8.85. The van der Waals surface area contributed by atoms with Gasteiger partial charge in [-0.1, -0.05) is 23.4 Å². The van der Waals surface area contributed by atoms with E-state index in [2.05, 4.69) is 15.5 Å². The SMILES string of the molecule is CC(C)NC(=O)c1cccc(-c2noc(/C=C/c3cccs3)n2)c1. The van der Waals surface area contributed by atoms with E-state index in [9.17, 15) is 4.79 Å². The van der Waals surface area contributed by atoms with E-state index >= 15 is 0 Å². The zero-order valence-electron chi connectivity index (χ0n) is 13.4. The van der Waals surface area contributed by atoms with Crippen molar-refractivity contribution >= 4 is 29.4 Å². The minimum Gasteiger partial charge on any atom is -0.350 e. The van der Waals surface area contributed by atoms with Crippen LogP contribution in [0.25, 0.3) is 23.5 Å². The van der Waals surface area contributed by atoms with Crippen LogP contribution >= 0.6 is 11.3 Å². The van der Waals surface area contributed by atoms with E-state index in [-0.39, 0.29) is 11.9 Å². The summed E-state index contributed by atoms with van der Waals surface area (Å²) in [5.41, 5.74) is 1.31. The van der Waals surface area contributed by atoms with Crippen molar-refractivity contribution in [1.82, 2.24) is 15.5 Å². The highest BCUT2D eigenvalue weighted by molar-refractivity contribution is 7.10. The third-order valence-corrected chi connectivity index (χ3v) is 4.02. The predicted octanol–water partition coefficient (Wildman–Crippen LogP) is 4.11. The first-order valence-electron chi connectivity index (χ1n) is 7.58. The quantitative estimate of drug-likeness (QED) is 0.759. The maximum Gasteiger partial charge on any atom is 0.251 e. The number of nitrogens with one attached hydrogen (secondary N) is 1. The van der Waals surface area contributed by atoms with Gasteiger partial charge in [-0.25, -0.2) is 0 Å². The molecule has 0 bridgehead atoms. The van der Waals surface area contributed by atoms with Crippen molar-refractivity contribution < 1.29 is 9.32 Å². The first kappa shape index (κ1) is 16.1. The average molecular weight is 339 g/mol. The first-order valence-corrected chi connectivity index (χ1v) is 8.46. The second kappa shape index (κ2) is 7.23. The summed E-state index contributed by atoms with van der Waals surface area (Å²) in [6.07, 6.45) is 3.70. The standard InChI is InChI=1S/C18H17N3O2S/c1-12(2)19-18(22)14-6-3-5-13(11-14)17-20-16(23-21-17)9-8-15-7-4-10-24-15/h3-12H,1-2H3,(H,19,22)/b9-8+. The molecule has 1 N–H and O–H groups in total. The van der Waals surface area contributed by atoms with Gasteiger partial charge in [0.15, 0.2) is 0 Å². The third kappa shape index (κ3) is 3.97. The molecule has 122 valence electrons. The Hall–Kier alpha value is -2.73. The molecule has 24 heavy (non-hydrogen) atoms. The van der Waals surface area contributed by atoms with Crippen molar-refractivity contribution in [2.24, 2.45) is 0 Å². The highest BCUT2D eigenvalue weighted by Crippen LogP contribution is 2.19. The summed E-state index contributed by atoms with van der Waals surface area (Å²) in [6.45, 7) is 3.85. The second-order valence-corrected chi connectivity index (χ2v) is 6.49. The Bertz CT molecular complexity index is 851. The van der Waals surface area contributed by atoms with Gasteiger partial charge in [0.2, 0.25) is 5.82 Å². The Morgan fingerprint density at radius 3 is 2.88 bits per heavy atom. The topological polar surface area (TPSA) is 68.0 Å². The third-order valence-electron chi connectivity index (χ3n) is 3.18. The van der Waals surface area contributed by atoms with E-state index in [0.717, 1.165) is 10.4 Å². The van der Waals surface area contributed by atoms with Gasteiger partial charge >= 0.3 is 0 Å². The van der Waals surface area contributed by atoms with Crippen LogP contribution in [-0.4, -0.2) is 22.1 Å². The van der Waals surface area contributed by atoms with Crippen molar-refractivity contribution in [3.05, 3.63) is 58.1 Å². The number of aromatic nitrogens is 2. The minimum atomic E-state index is -0.117. The summed E-state index contributed by atoms with van der Waals surface area (Å²) in [4.78, 5) is 17.6. The lowest BCUT2D eigenvalue weighted by atomic mass is 10.1. The van der Waals surface area contributed by atoms with Gasteiger partial charge in [-0.15, -0.1) is 11.3 Å². The molecule has 2 heterocycles. The number of rotatable bonds is 5. The molecule has 0 saturated heterocycles. The monoisotopic (exact) mass is 339 g/mol. The van der Waals surface area contributed by atoms with Crippen LogP contribution in [-0.2, 0) is 0 Å². The molecule has 0 saturated carbocycles. The zero-order chi connectivity index (χ0) is 16.9. The number of hydrogen-bond donors (Lipinski definition) is 1. The molecular weight excluding hydrogens is 322 g/mol. The molecule has 0 aliphatic carbocycles. The van der Waals surface area contributed by atoms with Gasteiger partial charge in [-0.05, 0) is 43.5 Å². The molecule has 5 nitrogen and oxygen atoms in total. The fourth-order valence-corrected chi connectivity index (χ4v) is 2.72. The molecule has 0 spiro atoms. The average Bonchev–Trinajstić information content (AvgIpc) is 3.24. The lowest BCUT2D eigenvalue weighted by Gasteiger charge is -2.08. The molecule has 0 atom stereocenters. The molecule has 1 amide bonds. The number of benzene rings is 1. The molecule has 3 rings (SSSR count). The lowest BCUT2D eigenvalue weighted by Crippen LogP contribution is -2.30. The maximum atomic E-state index is 12.1. The first-order chi connectivity index (χ1) is 11.6. The molecule has 0 unspecified atom stereocenters. The van der Waals surface area contributed by atoms with Crippen LogP contribution < -0.4 is 5.32 Å². The van der Waals surface area contributed by atoms with Crippen LogP contribution in [0.15, 0.2) is 46.3 Å². The van der Waals surface area contributed by atoms with E-state index in [4.69, 9.17) is 4.52 Å². The minimum absolute atomic E-state index is 0.0836. The Labute approximate surface area is 144 Å². The van der Waals surface area contributed by atoms with Gasteiger partial charge in [0, 0.05) is 28.1 Å². The summed E-state index contributed by atoms with van der Waals surface area (Å²) in [5.74, 6) is 0.767. The highest BCUT2D eigenvalue weighted by Gasteiger charge is 2.11. The van der Waals surface area contributed by atoms with E-state index < -0.39 is 0 Å². The fraction of sp³-hybridized carbons (Fsp3) is 0.167. The predicted molar refractivity (Wildman–Crippen MR) is 95.6 cm³/mol. The van der Waals surface area contributed by atoms with Crippen LogP contribution in [0.5, 0.6) is 0 Å². The van der Waals surface area contributed by atoms with Gasteiger partial charge in [0.1, 0.15) is 0 Å². The van der Waals surface area contributed by atoms with Gasteiger partial charge in [0.05, 0.1) is 0 Å². The summed E-state index contributed by atoms with van der Waals surface area (Å²) < 4.78 is 5.24. The molecule has 1 aromatic carbocycles. The Kier molecular flexibility index (Phi) is 4.86. The van der Waals surface area contributed by atoms with Gasteiger partial charge in [0.25, 0.3) is 11.8 Å². The van der Waals surface area contributed by atoms with Crippen LogP contribution in [0.3, 0.4) is 0 Å². The molecule has 0 fully saturated rings. The Morgan fingerprint density at radius 2 is 2.12 bits per heavy atom. The van der Waals surface area contributed by atoms with Gasteiger partial charge < -0.3 is 9.84 Å². The highest BCUT2D eigenvalue weighted by atomic mass is 32.1.